The lowest BCUT2D eigenvalue weighted by Crippen LogP contribution is -2.30. The molecule has 2 atom stereocenters. The molecule has 2 aliphatic heterocycles. The van der Waals surface area contributed by atoms with Crippen molar-refractivity contribution in [3.8, 4) is 17.2 Å². The first-order chi connectivity index (χ1) is 10.0. The van der Waals surface area contributed by atoms with Crippen molar-refractivity contribution in [2.45, 2.75) is 31.9 Å². The highest BCUT2D eigenvalue weighted by atomic mass is 16.7. The van der Waals surface area contributed by atoms with Gasteiger partial charge in [-0.3, -0.25) is 4.79 Å². The highest BCUT2D eigenvalue weighted by Gasteiger charge is 2.32. The third-order valence-corrected chi connectivity index (χ3v) is 3.75. The zero-order chi connectivity index (χ0) is 15.0. The summed E-state index contributed by atoms with van der Waals surface area (Å²) >= 11 is 0. The van der Waals surface area contributed by atoms with E-state index < -0.39 is 6.10 Å². The van der Waals surface area contributed by atoms with Crippen LogP contribution in [-0.4, -0.2) is 43.3 Å². The van der Waals surface area contributed by atoms with Crippen molar-refractivity contribution in [1.29, 1.82) is 0 Å². The van der Waals surface area contributed by atoms with Crippen LogP contribution in [0.1, 0.15) is 18.9 Å². The second-order valence-corrected chi connectivity index (χ2v) is 5.65. The van der Waals surface area contributed by atoms with E-state index in [9.17, 15) is 4.79 Å². The molecule has 2 unspecified atom stereocenters. The Hall–Kier alpha value is -1.95. The van der Waals surface area contributed by atoms with Crippen LogP contribution >= 0.6 is 0 Å². The average molecular weight is 292 g/mol. The fourth-order valence-corrected chi connectivity index (χ4v) is 2.63. The van der Waals surface area contributed by atoms with Crippen molar-refractivity contribution in [1.82, 2.24) is 4.90 Å². The van der Waals surface area contributed by atoms with Gasteiger partial charge < -0.3 is 24.8 Å². The van der Waals surface area contributed by atoms with Crippen LogP contribution in [0.3, 0.4) is 0 Å². The number of carbonyl (C=O) groups is 1. The molecule has 0 spiro atoms. The summed E-state index contributed by atoms with van der Waals surface area (Å²) in [5.41, 5.74) is 6.83. The van der Waals surface area contributed by atoms with E-state index in [0.717, 1.165) is 12.1 Å². The Morgan fingerprint density at radius 3 is 2.76 bits per heavy atom. The van der Waals surface area contributed by atoms with Gasteiger partial charge in [0.05, 0.1) is 0 Å². The summed E-state index contributed by atoms with van der Waals surface area (Å²) in [6.45, 7) is 2.86. The monoisotopic (exact) mass is 292 g/mol. The molecule has 114 valence electrons. The molecule has 0 aliphatic carbocycles. The Balaban J connectivity index is 1.87. The fourth-order valence-electron chi connectivity index (χ4n) is 2.63. The van der Waals surface area contributed by atoms with Crippen LogP contribution in [0.5, 0.6) is 17.2 Å². The molecule has 3 rings (SSSR count). The van der Waals surface area contributed by atoms with Gasteiger partial charge in [0, 0.05) is 32.1 Å². The van der Waals surface area contributed by atoms with Crippen molar-refractivity contribution in [3.63, 3.8) is 0 Å². The molecular formula is C15H20N2O4. The maximum atomic E-state index is 12.0. The predicted octanol–water partition coefficient (Wildman–Crippen LogP) is 0.914. The molecule has 21 heavy (non-hydrogen) atoms. The number of amides is 1. The minimum absolute atomic E-state index is 0.00493. The molecule has 6 heteroatoms. The maximum absolute atomic E-state index is 12.0. The van der Waals surface area contributed by atoms with Crippen LogP contribution in [0.15, 0.2) is 12.1 Å². The Bertz CT molecular complexity index is 559. The molecule has 2 heterocycles. The summed E-state index contributed by atoms with van der Waals surface area (Å²) in [5, 5.41) is 0. The Labute approximate surface area is 123 Å². The summed E-state index contributed by atoms with van der Waals surface area (Å²) in [4.78, 5) is 13.7. The van der Waals surface area contributed by atoms with E-state index in [4.69, 9.17) is 19.9 Å². The molecule has 0 bridgehead atoms. The molecule has 1 aromatic carbocycles. The number of likely N-dealkylation sites (tertiary alicyclic amines) is 1. The Kier molecular flexibility index (Phi) is 3.63. The molecule has 2 aliphatic rings. The molecule has 0 radical (unpaired) electrons. The molecule has 1 saturated heterocycles. The fraction of sp³-hybridized carbons (Fsp3) is 0.533. The zero-order valence-corrected chi connectivity index (χ0v) is 12.3. The number of benzene rings is 1. The van der Waals surface area contributed by atoms with Gasteiger partial charge >= 0.3 is 0 Å². The van der Waals surface area contributed by atoms with Gasteiger partial charge in [-0.15, -0.1) is 0 Å². The molecule has 2 N–H and O–H groups in total. The van der Waals surface area contributed by atoms with Crippen LogP contribution in [0, 0.1) is 0 Å². The predicted molar refractivity (Wildman–Crippen MR) is 76.6 cm³/mol. The van der Waals surface area contributed by atoms with Gasteiger partial charge in [0.25, 0.3) is 5.91 Å². The molecule has 0 saturated carbocycles. The van der Waals surface area contributed by atoms with Gasteiger partial charge in [0.15, 0.2) is 17.6 Å². The first kappa shape index (κ1) is 14.0. The highest BCUT2D eigenvalue weighted by molar-refractivity contribution is 5.83. The number of hydrogen-bond acceptors (Lipinski definition) is 5. The topological polar surface area (TPSA) is 74.0 Å². The summed E-state index contributed by atoms with van der Waals surface area (Å²) < 4.78 is 16.7. The minimum Gasteiger partial charge on any atom is -0.480 e. The van der Waals surface area contributed by atoms with Crippen molar-refractivity contribution in [3.05, 3.63) is 17.7 Å². The van der Waals surface area contributed by atoms with E-state index in [0.29, 0.717) is 30.1 Å². The maximum Gasteiger partial charge on any atom is 0.263 e. The number of nitrogens with zero attached hydrogens (tertiary/aromatic N) is 1. The third kappa shape index (κ3) is 2.76. The number of fused-ring (bicyclic) bond motifs is 1. The van der Waals surface area contributed by atoms with E-state index in [1.807, 2.05) is 13.0 Å². The number of carbonyl (C=O) groups excluding carboxylic acids is 1. The van der Waals surface area contributed by atoms with Crippen molar-refractivity contribution >= 4 is 5.91 Å². The second-order valence-electron chi connectivity index (χ2n) is 5.65. The number of ether oxygens (including phenoxy) is 3. The Morgan fingerprint density at radius 2 is 2.14 bits per heavy atom. The van der Waals surface area contributed by atoms with Gasteiger partial charge in [0.2, 0.25) is 6.79 Å². The summed E-state index contributed by atoms with van der Waals surface area (Å²) in [6, 6.07) is 3.69. The van der Waals surface area contributed by atoms with Gasteiger partial charge in [0.1, 0.15) is 5.75 Å². The van der Waals surface area contributed by atoms with Crippen LogP contribution in [0.2, 0.25) is 0 Å². The van der Waals surface area contributed by atoms with Crippen LogP contribution < -0.4 is 19.9 Å². The zero-order valence-electron chi connectivity index (χ0n) is 12.3. The van der Waals surface area contributed by atoms with E-state index in [2.05, 4.69) is 0 Å². The van der Waals surface area contributed by atoms with Crippen LogP contribution in [0.4, 0.5) is 0 Å². The largest absolute Gasteiger partial charge is 0.480 e. The molecule has 1 amide bonds. The standard InChI is InChI=1S/C15H20N2O4/c1-9(16)5-10-6-13-14(20-8-19-13)7-12(10)21-11-3-4-17(2)15(11)18/h6-7,9,11H,3-5,8,16H2,1-2H3. The van der Waals surface area contributed by atoms with E-state index in [1.165, 1.54) is 0 Å². The molecular weight excluding hydrogens is 272 g/mol. The number of nitrogens with two attached hydrogens (primary N) is 1. The second kappa shape index (κ2) is 5.44. The molecule has 1 fully saturated rings. The van der Waals surface area contributed by atoms with Crippen LogP contribution in [-0.2, 0) is 11.2 Å². The molecule has 6 nitrogen and oxygen atoms in total. The first-order valence-electron chi connectivity index (χ1n) is 7.14. The highest BCUT2D eigenvalue weighted by Crippen LogP contribution is 2.39. The van der Waals surface area contributed by atoms with E-state index in [-0.39, 0.29) is 18.7 Å². The van der Waals surface area contributed by atoms with Crippen LogP contribution in [0.25, 0.3) is 0 Å². The van der Waals surface area contributed by atoms with Crippen molar-refractivity contribution in [2.75, 3.05) is 20.4 Å². The molecule has 1 aromatic rings. The SMILES string of the molecule is CC(N)Cc1cc2c(cc1OC1CCN(C)C1=O)OCO2. The first-order valence-corrected chi connectivity index (χ1v) is 7.14. The van der Waals surface area contributed by atoms with Crippen molar-refractivity contribution in [2.24, 2.45) is 5.73 Å². The third-order valence-electron chi connectivity index (χ3n) is 3.75. The smallest absolute Gasteiger partial charge is 0.263 e. The lowest BCUT2D eigenvalue weighted by Gasteiger charge is -2.17. The van der Waals surface area contributed by atoms with Gasteiger partial charge in [-0.1, -0.05) is 0 Å². The summed E-state index contributed by atoms with van der Waals surface area (Å²) in [5.74, 6) is 2.02. The number of rotatable bonds is 4. The summed E-state index contributed by atoms with van der Waals surface area (Å²) in [7, 11) is 1.79. The average Bonchev–Trinajstić information content (AvgIpc) is 2.99. The van der Waals surface area contributed by atoms with Crippen molar-refractivity contribution < 1.29 is 19.0 Å². The van der Waals surface area contributed by atoms with E-state index >= 15 is 0 Å². The van der Waals surface area contributed by atoms with Gasteiger partial charge in [-0.05, 0) is 25.0 Å². The normalized spacial score (nSPS) is 21.8. The quantitative estimate of drug-likeness (QED) is 0.893. The lowest BCUT2D eigenvalue weighted by molar-refractivity contribution is -0.132. The number of hydrogen-bond donors (Lipinski definition) is 1. The minimum atomic E-state index is -0.429. The summed E-state index contributed by atoms with van der Waals surface area (Å²) in [6.07, 6.45) is 0.923. The number of likely N-dealkylation sites (N-methyl/N-ethyl adjacent to an activating group) is 1. The Morgan fingerprint density at radius 1 is 1.43 bits per heavy atom. The lowest BCUT2D eigenvalue weighted by atomic mass is 10.1. The molecule has 0 aromatic heterocycles. The van der Waals surface area contributed by atoms with Gasteiger partial charge in [-0.2, -0.15) is 0 Å². The van der Waals surface area contributed by atoms with E-state index in [1.54, 1.807) is 18.0 Å². The van der Waals surface area contributed by atoms with Gasteiger partial charge in [-0.25, -0.2) is 0 Å².